The van der Waals surface area contributed by atoms with Crippen LogP contribution in [-0.2, 0) is 6.61 Å². The average Bonchev–Trinajstić information content (AvgIpc) is 3.09. The fraction of sp³-hybridized carbons (Fsp3) is 0.111. The first-order chi connectivity index (χ1) is 11.3. The van der Waals surface area contributed by atoms with Gasteiger partial charge in [-0.3, -0.25) is 5.43 Å². The summed E-state index contributed by atoms with van der Waals surface area (Å²) in [4.78, 5) is 4.12. The van der Waals surface area contributed by atoms with Crippen molar-refractivity contribution in [1.29, 1.82) is 0 Å². The molecule has 3 aromatic rings. The van der Waals surface area contributed by atoms with Gasteiger partial charge in [0.2, 0.25) is 5.13 Å². The molecule has 0 unspecified atom stereocenters. The summed E-state index contributed by atoms with van der Waals surface area (Å²) in [6.45, 7) is 2.61. The molecule has 1 N–H and O–H groups in total. The molecule has 0 fully saturated rings. The number of aryl methyl sites for hydroxylation is 1. The second-order valence-corrected chi connectivity index (χ2v) is 5.91. The number of para-hydroxylation sites is 1. The molecule has 23 heavy (non-hydrogen) atoms. The highest BCUT2D eigenvalue weighted by molar-refractivity contribution is 7.13. The zero-order valence-electron chi connectivity index (χ0n) is 12.8. The normalized spacial score (nSPS) is 10.8. The first-order valence-electron chi connectivity index (χ1n) is 7.27. The van der Waals surface area contributed by atoms with Gasteiger partial charge in [-0.15, -0.1) is 11.3 Å². The van der Waals surface area contributed by atoms with Crippen molar-refractivity contribution in [3.8, 4) is 5.75 Å². The van der Waals surface area contributed by atoms with Crippen LogP contribution in [0.15, 0.2) is 65.2 Å². The fourth-order valence-electron chi connectivity index (χ4n) is 2.00. The lowest BCUT2D eigenvalue weighted by molar-refractivity contribution is 0.306. The number of hydrogen-bond acceptors (Lipinski definition) is 5. The monoisotopic (exact) mass is 323 g/mol. The molecule has 2 aromatic carbocycles. The number of ether oxygens (including phenoxy) is 1. The molecule has 1 heterocycles. The molecule has 0 saturated heterocycles. The fourth-order valence-corrected chi connectivity index (χ4v) is 2.48. The summed E-state index contributed by atoms with van der Waals surface area (Å²) in [5.41, 5.74) is 6.21. The molecular formula is C18H17N3OS. The van der Waals surface area contributed by atoms with Crippen molar-refractivity contribution in [2.45, 2.75) is 13.5 Å². The first kappa shape index (κ1) is 15.2. The number of hydrogen-bond donors (Lipinski definition) is 1. The Kier molecular flexibility index (Phi) is 5.01. The summed E-state index contributed by atoms with van der Waals surface area (Å²) in [7, 11) is 0. The van der Waals surface area contributed by atoms with E-state index in [0.717, 1.165) is 22.0 Å². The molecular weight excluding hydrogens is 306 g/mol. The summed E-state index contributed by atoms with van der Waals surface area (Å²) < 4.78 is 5.92. The topological polar surface area (TPSA) is 46.5 Å². The summed E-state index contributed by atoms with van der Waals surface area (Å²) in [6, 6.07) is 16.2. The van der Waals surface area contributed by atoms with Crippen LogP contribution in [0.1, 0.15) is 16.7 Å². The van der Waals surface area contributed by atoms with Crippen molar-refractivity contribution >= 4 is 22.7 Å². The second-order valence-electron chi connectivity index (χ2n) is 5.02. The molecule has 0 aliphatic carbocycles. The SMILES string of the molecule is Cc1ccc(COc2ccccc2/C=N\Nc2nccs2)cc1. The van der Waals surface area contributed by atoms with Crippen molar-refractivity contribution in [2.24, 2.45) is 5.10 Å². The third-order valence-electron chi connectivity index (χ3n) is 3.23. The minimum atomic E-state index is 0.533. The number of nitrogens with zero attached hydrogens (tertiary/aromatic N) is 2. The molecule has 0 bridgehead atoms. The zero-order valence-corrected chi connectivity index (χ0v) is 13.6. The molecule has 0 amide bonds. The highest BCUT2D eigenvalue weighted by Crippen LogP contribution is 2.18. The van der Waals surface area contributed by atoms with Gasteiger partial charge in [0.1, 0.15) is 12.4 Å². The van der Waals surface area contributed by atoms with Gasteiger partial charge in [-0.1, -0.05) is 42.0 Å². The molecule has 0 radical (unpaired) electrons. The first-order valence-corrected chi connectivity index (χ1v) is 8.15. The maximum Gasteiger partial charge on any atom is 0.203 e. The third kappa shape index (κ3) is 4.40. The molecule has 3 rings (SSSR count). The maximum atomic E-state index is 5.92. The summed E-state index contributed by atoms with van der Waals surface area (Å²) in [5, 5.41) is 6.87. The number of benzene rings is 2. The van der Waals surface area contributed by atoms with Crippen molar-refractivity contribution in [2.75, 3.05) is 5.43 Å². The predicted octanol–water partition coefficient (Wildman–Crippen LogP) is 4.48. The quantitative estimate of drug-likeness (QED) is 0.537. The number of nitrogens with one attached hydrogen (secondary N) is 1. The minimum Gasteiger partial charge on any atom is -0.488 e. The van der Waals surface area contributed by atoms with Crippen LogP contribution in [0.3, 0.4) is 0 Å². The minimum absolute atomic E-state index is 0.533. The Balaban J connectivity index is 1.65. The molecule has 0 spiro atoms. The van der Waals surface area contributed by atoms with Crippen LogP contribution >= 0.6 is 11.3 Å². The van der Waals surface area contributed by atoms with E-state index in [1.54, 1.807) is 12.4 Å². The van der Waals surface area contributed by atoms with Gasteiger partial charge in [-0.2, -0.15) is 5.10 Å². The highest BCUT2D eigenvalue weighted by Gasteiger charge is 2.01. The van der Waals surface area contributed by atoms with E-state index in [9.17, 15) is 0 Å². The van der Waals surface area contributed by atoms with Crippen LogP contribution in [0.2, 0.25) is 0 Å². The Bertz CT molecular complexity index is 767. The number of hydrazone groups is 1. The van der Waals surface area contributed by atoms with E-state index < -0.39 is 0 Å². The lowest BCUT2D eigenvalue weighted by Gasteiger charge is -2.09. The summed E-state index contributed by atoms with van der Waals surface area (Å²) in [6.07, 6.45) is 3.48. The van der Waals surface area contributed by atoms with Gasteiger partial charge in [0.25, 0.3) is 0 Å². The Labute approximate surface area is 139 Å². The smallest absolute Gasteiger partial charge is 0.203 e. The summed E-state index contributed by atoms with van der Waals surface area (Å²) >= 11 is 1.50. The van der Waals surface area contributed by atoms with E-state index in [-0.39, 0.29) is 0 Å². The van der Waals surface area contributed by atoms with Gasteiger partial charge < -0.3 is 4.74 Å². The van der Waals surface area contributed by atoms with Gasteiger partial charge in [0.15, 0.2) is 0 Å². The standard InChI is InChI=1S/C18H17N3OS/c1-14-6-8-15(9-7-14)13-22-17-5-3-2-4-16(17)12-20-21-18-19-10-11-23-18/h2-12H,13H2,1H3,(H,19,21)/b20-12-. The van der Waals surface area contributed by atoms with E-state index in [0.29, 0.717) is 6.61 Å². The Morgan fingerprint density at radius 2 is 2.00 bits per heavy atom. The predicted molar refractivity (Wildman–Crippen MR) is 95.3 cm³/mol. The third-order valence-corrected chi connectivity index (χ3v) is 3.91. The maximum absolute atomic E-state index is 5.92. The van der Waals surface area contributed by atoms with Crippen LogP contribution in [0.25, 0.3) is 0 Å². The molecule has 4 nitrogen and oxygen atoms in total. The Morgan fingerprint density at radius 3 is 2.78 bits per heavy atom. The van der Waals surface area contributed by atoms with Gasteiger partial charge in [0.05, 0.1) is 6.21 Å². The molecule has 1 aromatic heterocycles. The average molecular weight is 323 g/mol. The van der Waals surface area contributed by atoms with Crippen molar-refractivity contribution in [3.05, 3.63) is 76.8 Å². The van der Waals surface area contributed by atoms with E-state index in [4.69, 9.17) is 4.74 Å². The lowest BCUT2D eigenvalue weighted by atomic mass is 10.1. The number of aromatic nitrogens is 1. The van der Waals surface area contributed by atoms with Gasteiger partial charge in [0, 0.05) is 17.1 Å². The van der Waals surface area contributed by atoms with Gasteiger partial charge in [-0.25, -0.2) is 4.98 Å². The van der Waals surface area contributed by atoms with Crippen LogP contribution < -0.4 is 10.2 Å². The molecule has 0 saturated carbocycles. The molecule has 0 aliphatic heterocycles. The van der Waals surface area contributed by atoms with Crippen LogP contribution in [0.5, 0.6) is 5.75 Å². The van der Waals surface area contributed by atoms with Crippen LogP contribution in [-0.4, -0.2) is 11.2 Å². The zero-order chi connectivity index (χ0) is 15.9. The lowest BCUT2D eigenvalue weighted by Crippen LogP contribution is -1.99. The Morgan fingerprint density at radius 1 is 1.17 bits per heavy atom. The van der Waals surface area contributed by atoms with E-state index in [2.05, 4.69) is 46.7 Å². The van der Waals surface area contributed by atoms with E-state index in [1.165, 1.54) is 16.9 Å². The van der Waals surface area contributed by atoms with E-state index in [1.807, 2.05) is 29.6 Å². The largest absolute Gasteiger partial charge is 0.488 e. The molecule has 116 valence electrons. The molecule has 0 aliphatic rings. The van der Waals surface area contributed by atoms with Crippen molar-refractivity contribution in [3.63, 3.8) is 0 Å². The van der Waals surface area contributed by atoms with Gasteiger partial charge in [-0.05, 0) is 24.6 Å². The van der Waals surface area contributed by atoms with Crippen molar-refractivity contribution in [1.82, 2.24) is 4.98 Å². The Hall–Kier alpha value is -2.66. The number of thiazole rings is 1. The van der Waals surface area contributed by atoms with Gasteiger partial charge >= 0.3 is 0 Å². The van der Waals surface area contributed by atoms with E-state index >= 15 is 0 Å². The number of anilines is 1. The highest BCUT2D eigenvalue weighted by atomic mass is 32.1. The molecule has 0 atom stereocenters. The summed E-state index contributed by atoms with van der Waals surface area (Å²) in [5.74, 6) is 0.803. The van der Waals surface area contributed by atoms with Crippen molar-refractivity contribution < 1.29 is 4.74 Å². The number of rotatable bonds is 6. The van der Waals surface area contributed by atoms with Crippen LogP contribution in [0, 0.1) is 6.92 Å². The van der Waals surface area contributed by atoms with Crippen LogP contribution in [0.4, 0.5) is 5.13 Å². The molecule has 5 heteroatoms. The second kappa shape index (κ2) is 7.56.